The SMILES string of the molecule is C1NO1.O=C(O)/C=C/C(=O)O. The second kappa shape index (κ2) is 5.39. The molecule has 1 aliphatic heterocycles. The van der Waals surface area contributed by atoms with E-state index in [2.05, 4.69) is 10.3 Å². The van der Waals surface area contributed by atoms with Crippen molar-refractivity contribution in [3.63, 3.8) is 0 Å². The minimum absolute atomic E-state index is 0.558. The number of nitrogens with one attached hydrogen (secondary N) is 1. The van der Waals surface area contributed by atoms with E-state index in [9.17, 15) is 9.59 Å². The van der Waals surface area contributed by atoms with E-state index < -0.39 is 11.9 Å². The molecule has 0 saturated carbocycles. The number of aliphatic carboxylic acids is 2. The predicted octanol–water partition coefficient (Wildman–Crippen LogP) is -0.810. The van der Waals surface area contributed by atoms with Gasteiger partial charge in [-0.05, 0) is 0 Å². The van der Waals surface area contributed by atoms with Gasteiger partial charge < -0.3 is 10.2 Å². The monoisotopic (exact) mass is 161 g/mol. The number of carbonyl (C=O) groups is 2. The van der Waals surface area contributed by atoms with E-state index in [1.54, 1.807) is 0 Å². The number of hydroxylamine groups is 1. The van der Waals surface area contributed by atoms with Crippen molar-refractivity contribution in [3.05, 3.63) is 12.2 Å². The van der Waals surface area contributed by atoms with Gasteiger partial charge in [0.15, 0.2) is 0 Å². The largest absolute Gasteiger partial charge is 0.478 e. The maximum absolute atomic E-state index is 9.55. The smallest absolute Gasteiger partial charge is 0.328 e. The molecule has 0 radical (unpaired) electrons. The molecule has 1 aliphatic rings. The van der Waals surface area contributed by atoms with Crippen LogP contribution in [0.5, 0.6) is 0 Å². The summed E-state index contributed by atoms with van der Waals surface area (Å²) in [5.41, 5.74) is 2.50. The van der Waals surface area contributed by atoms with Gasteiger partial charge in [0, 0.05) is 12.2 Å². The Morgan fingerprint density at radius 3 is 1.64 bits per heavy atom. The van der Waals surface area contributed by atoms with Crippen molar-refractivity contribution in [2.75, 3.05) is 6.73 Å². The van der Waals surface area contributed by atoms with Gasteiger partial charge in [0.1, 0.15) is 6.73 Å². The molecule has 1 heterocycles. The molecule has 6 heteroatoms. The van der Waals surface area contributed by atoms with Crippen LogP contribution in [0.3, 0.4) is 0 Å². The lowest BCUT2D eigenvalue weighted by Crippen LogP contribution is -1.91. The zero-order valence-corrected chi connectivity index (χ0v) is 5.48. The summed E-state index contributed by atoms with van der Waals surface area (Å²) in [6.07, 6.45) is 1.12. The molecule has 3 N–H and O–H groups in total. The highest BCUT2D eigenvalue weighted by molar-refractivity contribution is 5.89. The first kappa shape index (κ1) is 9.60. The third kappa shape index (κ3) is 17.7. The number of hydrogen-bond donors (Lipinski definition) is 3. The maximum Gasteiger partial charge on any atom is 0.328 e. The van der Waals surface area contributed by atoms with Crippen LogP contribution in [0, 0.1) is 0 Å². The molecule has 0 aliphatic carbocycles. The number of rotatable bonds is 2. The summed E-state index contributed by atoms with van der Waals surface area (Å²) in [4.78, 5) is 23.4. The van der Waals surface area contributed by atoms with Gasteiger partial charge >= 0.3 is 11.9 Å². The van der Waals surface area contributed by atoms with Gasteiger partial charge in [0.25, 0.3) is 0 Å². The van der Waals surface area contributed by atoms with Crippen molar-refractivity contribution in [2.24, 2.45) is 0 Å². The van der Waals surface area contributed by atoms with Gasteiger partial charge in [-0.15, -0.1) is 0 Å². The molecule has 1 fully saturated rings. The summed E-state index contributed by atoms with van der Waals surface area (Å²) >= 11 is 0. The Bertz CT molecular complexity index is 155. The summed E-state index contributed by atoms with van der Waals surface area (Å²) in [7, 11) is 0. The fourth-order valence-corrected chi connectivity index (χ4v) is 0.143. The van der Waals surface area contributed by atoms with Crippen LogP contribution in [0.25, 0.3) is 0 Å². The van der Waals surface area contributed by atoms with E-state index in [1.807, 2.05) is 0 Å². The molecule has 0 atom stereocenters. The first-order valence-electron chi connectivity index (χ1n) is 2.61. The normalized spacial score (nSPS) is 13.5. The molecule has 0 aromatic carbocycles. The first-order chi connectivity index (χ1) is 5.13. The van der Waals surface area contributed by atoms with Crippen LogP contribution >= 0.6 is 0 Å². The Morgan fingerprint density at radius 1 is 1.27 bits per heavy atom. The van der Waals surface area contributed by atoms with Crippen molar-refractivity contribution in [1.82, 2.24) is 5.48 Å². The summed E-state index contributed by atoms with van der Waals surface area (Å²) in [6, 6.07) is 0. The average molecular weight is 161 g/mol. The van der Waals surface area contributed by atoms with E-state index in [4.69, 9.17) is 10.2 Å². The molecule has 0 amide bonds. The maximum atomic E-state index is 9.55. The van der Waals surface area contributed by atoms with Gasteiger partial charge in [-0.25, -0.2) is 9.59 Å². The Morgan fingerprint density at radius 2 is 1.55 bits per heavy atom. The minimum Gasteiger partial charge on any atom is -0.478 e. The van der Waals surface area contributed by atoms with Crippen molar-refractivity contribution >= 4 is 11.9 Å². The molecular weight excluding hydrogens is 154 g/mol. The van der Waals surface area contributed by atoms with Gasteiger partial charge in [-0.1, -0.05) is 0 Å². The topological polar surface area (TPSA) is 109 Å². The standard InChI is InChI=1S/C4H4O4.CH3NO/c5-3(6)1-2-4(7)8;1-2-3-1/h1-2H,(H,5,6)(H,7,8);2H,1H2/b2-1+;. The molecule has 1 saturated heterocycles. The molecular formula is C5H7NO5. The van der Waals surface area contributed by atoms with Crippen LogP contribution in [0.15, 0.2) is 12.2 Å². The molecule has 0 aromatic heterocycles. The lowest BCUT2D eigenvalue weighted by Gasteiger charge is -1.74. The Labute approximate surface area is 62.0 Å². The van der Waals surface area contributed by atoms with Crippen LogP contribution in [0.2, 0.25) is 0 Å². The zero-order chi connectivity index (χ0) is 8.69. The summed E-state index contributed by atoms with van der Waals surface area (Å²) in [5, 5.41) is 15.6. The van der Waals surface area contributed by atoms with Crippen LogP contribution in [-0.4, -0.2) is 28.9 Å². The Kier molecular flexibility index (Phi) is 4.70. The quantitative estimate of drug-likeness (QED) is 0.361. The summed E-state index contributed by atoms with van der Waals surface area (Å²) in [5.74, 6) is -2.51. The van der Waals surface area contributed by atoms with Gasteiger partial charge in [-0.2, -0.15) is 5.48 Å². The highest BCUT2D eigenvalue weighted by atomic mass is 16.8. The van der Waals surface area contributed by atoms with E-state index in [0.717, 1.165) is 6.73 Å². The zero-order valence-electron chi connectivity index (χ0n) is 5.48. The predicted molar refractivity (Wildman–Crippen MR) is 33.5 cm³/mol. The third-order valence-corrected chi connectivity index (χ3v) is 0.513. The molecule has 62 valence electrons. The minimum atomic E-state index is -1.26. The van der Waals surface area contributed by atoms with Crippen molar-refractivity contribution in [1.29, 1.82) is 0 Å². The highest BCUT2D eigenvalue weighted by Crippen LogP contribution is 1.70. The van der Waals surface area contributed by atoms with Crippen molar-refractivity contribution in [2.45, 2.75) is 0 Å². The fraction of sp³-hybridized carbons (Fsp3) is 0.200. The van der Waals surface area contributed by atoms with E-state index in [-0.39, 0.29) is 0 Å². The molecule has 0 aromatic rings. The highest BCUT2D eigenvalue weighted by Gasteiger charge is 1.91. The molecule has 11 heavy (non-hydrogen) atoms. The van der Waals surface area contributed by atoms with E-state index in [1.165, 1.54) is 0 Å². The molecule has 1 rings (SSSR count). The molecule has 0 unspecified atom stereocenters. The van der Waals surface area contributed by atoms with Crippen molar-refractivity contribution in [3.8, 4) is 0 Å². The van der Waals surface area contributed by atoms with Gasteiger partial charge in [0.2, 0.25) is 0 Å². The van der Waals surface area contributed by atoms with Crippen LogP contribution in [-0.2, 0) is 14.4 Å². The summed E-state index contributed by atoms with van der Waals surface area (Å²) < 4.78 is 0. The Balaban J connectivity index is 0.000000271. The lowest BCUT2D eigenvalue weighted by molar-refractivity contribution is -0.134. The van der Waals surface area contributed by atoms with Crippen LogP contribution < -0.4 is 5.48 Å². The summed E-state index contributed by atoms with van der Waals surface area (Å²) in [6.45, 7) is 0.750. The van der Waals surface area contributed by atoms with E-state index in [0.29, 0.717) is 12.2 Å². The molecule has 0 spiro atoms. The van der Waals surface area contributed by atoms with Crippen LogP contribution in [0.4, 0.5) is 0 Å². The molecule has 6 nitrogen and oxygen atoms in total. The van der Waals surface area contributed by atoms with Gasteiger partial charge in [-0.3, -0.25) is 4.84 Å². The van der Waals surface area contributed by atoms with Gasteiger partial charge in [0.05, 0.1) is 0 Å². The number of hydrogen-bond acceptors (Lipinski definition) is 4. The first-order valence-corrected chi connectivity index (χ1v) is 2.61. The van der Waals surface area contributed by atoms with Crippen molar-refractivity contribution < 1.29 is 24.6 Å². The van der Waals surface area contributed by atoms with E-state index >= 15 is 0 Å². The number of carboxylic acid groups (broad SMARTS) is 2. The molecule has 0 bridgehead atoms. The Hall–Kier alpha value is -1.40. The average Bonchev–Trinajstić information content (AvgIpc) is 2.67. The fourth-order valence-electron chi connectivity index (χ4n) is 0.143. The second-order valence-corrected chi connectivity index (χ2v) is 1.44. The van der Waals surface area contributed by atoms with Crippen LogP contribution in [0.1, 0.15) is 0 Å². The third-order valence-electron chi connectivity index (χ3n) is 0.513. The second-order valence-electron chi connectivity index (χ2n) is 1.44. The lowest BCUT2D eigenvalue weighted by atomic mass is 10.5. The number of carboxylic acids is 2.